The lowest BCUT2D eigenvalue weighted by atomic mass is 9.68. The number of carboxylic acid groups (broad SMARTS) is 2. The fraction of sp³-hybridized carbons (Fsp3) is 0.100. The third kappa shape index (κ3) is 4.88. The first kappa shape index (κ1) is 24.4. The molecule has 0 aliphatic rings. The van der Waals surface area contributed by atoms with Crippen LogP contribution < -0.4 is 5.32 Å². The van der Waals surface area contributed by atoms with E-state index in [1.165, 1.54) is 12.1 Å². The van der Waals surface area contributed by atoms with Gasteiger partial charge in [-0.05, 0) is 34.4 Å². The normalized spacial score (nSPS) is 11.9. The van der Waals surface area contributed by atoms with Crippen LogP contribution in [0.3, 0.4) is 0 Å². The minimum atomic E-state index is -1.30. The van der Waals surface area contributed by atoms with Crippen molar-refractivity contribution in [3.63, 3.8) is 0 Å². The Morgan fingerprint density at radius 2 is 1.06 bits per heavy atom. The van der Waals surface area contributed by atoms with E-state index in [2.05, 4.69) is 5.32 Å². The van der Waals surface area contributed by atoms with Gasteiger partial charge in [0.2, 0.25) is 5.91 Å². The van der Waals surface area contributed by atoms with Gasteiger partial charge in [-0.3, -0.25) is 4.79 Å². The van der Waals surface area contributed by atoms with E-state index in [4.69, 9.17) is 5.11 Å². The molecule has 0 spiro atoms. The average Bonchev–Trinajstić information content (AvgIpc) is 2.91. The third-order valence-corrected chi connectivity index (χ3v) is 6.21. The number of benzene rings is 4. The van der Waals surface area contributed by atoms with Crippen molar-refractivity contribution in [2.24, 2.45) is 0 Å². The summed E-state index contributed by atoms with van der Waals surface area (Å²) in [6.07, 6.45) is -0.00454. The Labute approximate surface area is 208 Å². The SMILES string of the molecule is O=C(O)c1ccc(C[C@H](NC(=O)C(c2ccccc2)(c2ccccc2)c2ccccc2)C(=O)O)cc1. The topological polar surface area (TPSA) is 104 Å². The maximum atomic E-state index is 14.3. The molecule has 0 unspecified atom stereocenters. The molecule has 1 amide bonds. The van der Waals surface area contributed by atoms with Gasteiger partial charge in [0.1, 0.15) is 11.5 Å². The monoisotopic (exact) mass is 479 g/mol. The summed E-state index contributed by atoms with van der Waals surface area (Å²) < 4.78 is 0. The van der Waals surface area contributed by atoms with Gasteiger partial charge < -0.3 is 15.5 Å². The maximum Gasteiger partial charge on any atom is 0.335 e. The third-order valence-electron chi connectivity index (χ3n) is 6.21. The Morgan fingerprint density at radius 3 is 1.42 bits per heavy atom. The van der Waals surface area contributed by atoms with E-state index >= 15 is 0 Å². The van der Waals surface area contributed by atoms with Crippen LogP contribution in [-0.2, 0) is 21.4 Å². The second kappa shape index (κ2) is 10.7. The summed E-state index contributed by atoms with van der Waals surface area (Å²) in [5, 5.41) is 21.9. The molecule has 4 aromatic rings. The van der Waals surface area contributed by atoms with Crippen LogP contribution in [0.25, 0.3) is 0 Å². The summed E-state index contributed by atoms with van der Waals surface area (Å²) >= 11 is 0. The van der Waals surface area contributed by atoms with E-state index in [1.54, 1.807) is 12.1 Å². The van der Waals surface area contributed by atoms with Crippen LogP contribution in [0.15, 0.2) is 115 Å². The van der Waals surface area contributed by atoms with Gasteiger partial charge in [-0.2, -0.15) is 0 Å². The number of aliphatic carboxylic acids is 1. The van der Waals surface area contributed by atoms with Crippen LogP contribution >= 0.6 is 0 Å². The van der Waals surface area contributed by atoms with E-state index in [1.807, 2.05) is 91.0 Å². The minimum Gasteiger partial charge on any atom is -0.480 e. The predicted molar refractivity (Wildman–Crippen MR) is 136 cm³/mol. The van der Waals surface area contributed by atoms with Crippen molar-refractivity contribution in [2.45, 2.75) is 17.9 Å². The number of hydrogen-bond acceptors (Lipinski definition) is 3. The molecule has 4 rings (SSSR count). The highest BCUT2D eigenvalue weighted by Gasteiger charge is 2.45. The Balaban J connectivity index is 1.79. The molecule has 0 aliphatic carbocycles. The van der Waals surface area contributed by atoms with Crippen LogP contribution in [0.1, 0.15) is 32.6 Å². The number of amides is 1. The summed E-state index contributed by atoms with van der Waals surface area (Å²) in [5.74, 6) is -2.72. The van der Waals surface area contributed by atoms with Crippen molar-refractivity contribution in [2.75, 3.05) is 0 Å². The van der Waals surface area contributed by atoms with Crippen molar-refractivity contribution in [1.29, 1.82) is 0 Å². The zero-order chi connectivity index (χ0) is 25.5. The molecule has 0 saturated carbocycles. The summed E-state index contributed by atoms with van der Waals surface area (Å²) in [6.45, 7) is 0. The van der Waals surface area contributed by atoms with Gasteiger partial charge in [-0.1, -0.05) is 103 Å². The summed E-state index contributed by atoms with van der Waals surface area (Å²) in [5.41, 5.74) is 1.51. The van der Waals surface area contributed by atoms with Crippen molar-refractivity contribution in [3.8, 4) is 0 Å². The van der Waals surface area contributed by atoms with E-state index in [9.17, 15) is 19.5 Å². The number of carbonyl (C=O) groups is 3. The van der Waals surface area contributed by atoms with Crippen molar-refractivity contribution < 1.29 is 24.6 Å². The molecule has 4 aromatic carbocycles. The Hall–Kier alpha value is -4.71. The lowest BCUT2D eigenvalue weighted by Crippen LogP contribution is -2.52. The van der Waals surface area contributed by atoms with Crippen LogP contribution in [0.4, 0.5) is 0 Å². The molecule has 0 fully saturated rings. The molecule has 6 nitrogen and oxygen atoms in total. The Bertz CT molecular complexity index is 1240. The highest BCUT2D eigenvalue weighted by atomic mass is 16.4. The number of hydrogen-bond donors (Lipinski definition) is 3. The zero-order valence-corrected chi connectivity index (χ0v) is 19.4. The standard InChI is InChI=1S/C30H25NO5/c32-27(33)22-18-16-21(17-19-22)20-26(28(34)35)31-29(36)30(23-10-4-1-5-11-23,24-12-6-2-7-13-24)25-14-8-3-9-15-25/h1-19,26H,20H2,(H,31,36)(H,32,33)(H,34,35)/t26-/m0/s1. The first-order chi connectivity index (χ1) is 17.4. The largest absolute Gasteiger partial charge is 0.480 e. The Morgan fingerprint density at radius 1 is 0.639 bits per heavy atom. The van der Waals surface area contributed by atoms with E-state index in [0.717, 1.165) is 0 Å². The fourth-order valence-corrected chi connectivity index (χ4v) is 4.44. The molecule has 0 radical (unpaired) electrons. The van der Waals surface area contributed by atoms with Crippen molar-refractivity contribution in [1.82, 2.24) is 5.32 Å². The van der Waals surface area contributed by atoms with E-state index in [0.29, 0.717) is 22.3 Å². The molecule has 36 heavy (non-hydrogen) atoms. The number of carbonyl (C=O) groups excluding carboxylic acids is 1. The molecule has 0 saturated heterocycles. The van der Waals surface area contributed by atoms with E-state index in [-0.39, 0.29) is 12.0 Å². The maximum absolute atomic E-state index is 14.3. The number of aromatic carboxylic acids is 1. The van der Waals surface area contributed by atoms with Crippen LogP contribution in [-0.4, -0.2) is 34.1 Å². The number of carboxylic acids is 2. The summed E-state index contributed by atoms with van der Waals surface area (Å²) in [7, 11) is 0. The minimum absolute atomic E-state index is 0.00454. The zero-order valence-electron chi connectivity index (χ0n) is 19.4. The molecule has 180 valence electrons. The average molecular weight is 480 g/mol. The van der Waals surface area contributed by atoms with Gasteiger partial charge >= 0.3 is 11.9 Å². The fourth-order valence-electron chi connectivity index (χ4n) is 4.44. The molecule has 0 heterocycles. The second-order valence-corrected chi connectivity index (χ2v) is 8.42. The first-order valence-corrected chi connectivity index (χ1v) is 11.5. The highest BCUT2D eigenvalue weighted by molar-refractivity contribution is 5.98. The van der Waals surface area contributed by atoms with Crippen LogP contribution in [0, 0.1) is 0 Å². The van der Waals surface area contributed by atoms with Crippen molar-refractivity contribution in [3.05, 3.63) is 143 Å². The molecule has 0 aliphatic heterocycles. The molecule has 1 atom stereocenters. The van der Waals surface area contributed by atoms with Crippen molar-refractivity contribution >= 4 is 17.8 Å². The molecule has 0 bridgehead atoms. The second-order valence-electron chi connectivity index (χ2n) is 8.42. The Kier molecular flexibility index (Phi) is 7.25. The predicted octanol–water partition coefficient (Wildman–Crippen LogP) is 4.53. The number of rotatable bonds is 9. The molecular weight excluding hydrogens is 454 g/mol. The molecular formula is C30H25NO5. The smallest absolute Gasteiger partial charge is 0.335 e. The number of nitrogens with one attached hydrogen (secondary N) is 1. The first-order valence-electron chi connectivity index (χ1n) is 11.5. The summed E-state index contributed by atoms with van der Waals surface area (Å²) in [6, 6.07) is 32.6. The van der Waals surface area contributed by atoms with Crippen LogP contribution in [0.2, 0.25) is 0 Å². The lowest BCUT2D eigenvalue weighted by Gasteiger charge is -2.35. The molecule has 3 N–H and O–H groups in total. The molecule has 0 aromatic heterocycles. The highest BCUT2D eigenvalue weighted by Crippen LogP contribution is 2.39. The van der Waals surface area contributed by atoms with Gasteiger partial charge in [-0.15, -0.1) is 0 Å². The van der Waals surface area contributed by atoms with Gasteiger partial charge in [0.15, 0.2) is 0 Å². The molecule has 6 heteroatoms. The quantitative estimate of drug-likeness (QED) is 0.306. The van der Waals surface area contributed by atoms with Gasteiger partial charge in [-0.25, -0.2) is 9.59 Å². The lowest BCUT2D eigenvalue weighted by molar-refractivity contribution is -0.142. The van der Waals surface area contributed by atoms with E-state index < -0.39 is 29.3 Å². The summed E-state index contributed by atoms with van der Waals surface area (Å²) in [4.78, 5) is 37.7. The van der Waals surface area contributed by atoms with Gasteiger partial charge in [0, 0.05) is 6.42 Å². The van der Waals surface area contributed by atoms with Gasteiger partial charge in [0.25, 0.3) is 0 Å². The van der Waals surface area contributed by atoms with Gasteiger partial charge in [0.05, 0.1) is 5.56 Å². The van der Waals surface area contributed by atoms with Crippen LogP contribution in [0.5, 0.6) is 0 Å².